The summed E-state index contributed by atoms with van der Waals surface area (Å²) in [5, 5.41) is 14.2. The highest BCUT2D eigenvalue weighted by Crippen LogP contribution is 2.54. The fourth-order valence-electron chi connectivity index (χ4n) is 7.96. The molecular formula is C37H40Cl2N6O4. The van der Waals surface area contributed by atoms with Gasteiger partial charge in [-0.25, -0.2) is 9.97 Å². The molecule has 3 fully saturated rings. The first kappa shape index (κ1) is 33.7. The highest BCUT2D eigenvalue weighted by Gasteiger charge is 2.57. The number of likely N-dealkylation sites (tertiary alicyclic amines) is 1. The van der Waals surface area contributed by atoms with Crippen molar-refractivity contribution in [2.24, 2.45) is 5.41 Å². The van der Waals surface area contributed by atoms with Crippen LogP contribution in [-0.2, 0) is 17.8 Å². The number of methoxy groups -OCH3 is 2. The van der Waals surface area contributed by atoms with E-state index in [9.17, 15) is 9.90 Å². The Morgan fingerprint density at radius 3 is 1.98 bits per heavy atom. The lowest BCUT2D eigenvalue weighted by atomic mass is 9.56. The van der Waals surface area contributed by atoms with Gasteiger partial charge < -0.3 is 19.9 Å². The molecule has 2 N–H and O–H groups in total. The maximum absolute atomic E-state index is 11.5. The third-order valence-corrected chi connectivity index (χ3v) is 10.7. The van der Waals surface area contributed by atoms with E-state index in [1.165, 1.54) is 0 Å². The molecule has 0 radical (unpaired) electrons. The van der Waals surface area contributed by atoms with E-state index in [-0.39, 0.29) is 17.4 Å². The van der Waals surface area contributed by atoms with Crippen molar-refractivity contribution in [2.45, 2.75) is 70.1 Å². The number of nitrogens with zero attached hydrogens (tertiary/aromatic N) is 5. The molecule has 0 unspecified atom stereocenters. The highest BCUT2D eigenvalue weighted by atomic mass is 35.5. The summed E-state index contributed by atoms with van der Waals surface area (Å²) in [6.45, 7) is 4.42. The second-order valence-corrected chi connectivity index (χ2v) is 14.7. The second-order valence-electron chi connectivity index (χ2n) is 13.9. The van der Waals surface area contributed by atoms with Crippen molar-refractivity contribution >= 4 is 29.1 Å². The summed E-state index contributed by atoms with van der Waals surface area (Å²) >= 11 is 14.2. The second kappa shape index (κ2) is 13.5. The Bertz CT molecular complexity index is 1890. The van der Waals surface area contributed by atoms with E-state index in [4.69, 9.17) is 52.6 Å². The van der Waals surface area contributed by atoms with E-state index in [2.05, 4.69) is 10.2 Å². The lowest BCUT2D eigenvalue weighted by Crippen LogP contribution is -2.66. The van der Waals surface area contributed by atoms with Crippen LogP contribution in [-0.4, -0.2) is 74.8 Å². The molecule has 256 valence electrons. The minimum atomic E-state index is -0.532. The first-order chi connectivity index (χ1) is 23.6. The first-order valence-corrected chi connectivity index (χ1v) is 17.4. The molecule has 2 aromatic carbocycles. The highest BCUT2D eigenvalue weighted by molar-refractivity contribution is 6.39. The zero-order chi connectivity index (χ0) is 34.3. The molecule has 7 rings (SSSR count). The van der Waals surface area contributed by atoms with Crippen molar-refractivity contribution in [1.29, 1.82) is 0 Å². The zero-order valence-corrected chi connectivity index (χ0v) is 29.4. The molecule has 1 spiro atoms. The number of aryl methyl sites for hydroxylation is 1. The van der Waals surface area contributed by atoms with Crippen LogP contribution < -0.4 is 14.8 Å². The fourth-order valence-corrected chi connectivity index (χ4v) is 8.61. The molecule has 10 nitrogen and oxygen atoms in total. The normalized spacial score (nSPS) is 19.3. The van der Waals surface area contributed by atoms with Gasteiger partial charge in [-0.05, 0) is 45.4 Å². The summed E-state index contributed by atoms with van der Waals surface area (Å²) in [5.74, 6) is 1.04. The Labute approximate surface area is 296 Å². The number of hydrogen-bond acceptors (Lipinski definition) is 9. The number of aromatic nitrogens is 4. The predicted octanol–water partition coefficient (Wildman–Crippen LogP) is 6.54. The average molecular weight is 704 g/mol. The number of ether oxygens (including phenoxy) is 2. The number of rotatable bonds is 11. The van der Waals surface area contributed by atoms with Crippen molar-refractivity contribution in [3.63, 3.8) is 0 Å². The Morgan fingerprint density at radius 1 is 0.898 bits per heavy atom. The molecule has 3 aliphatic rings. The molecule has 0 bridgehead atoms. The molecule has 1 amide bonds. The Kier molecular flexibility index (Phi) is 9.25. The summed E-state index contributed by atoms with van der Waals surface area (Å²) in [4.78, 5) is 32.8. The number of nitrogens with one attached hydrogen (secondary N) is 1. The van der Waals surface area contributed by atoms with Gasteiger partial charge in [-0.1, -0.05) is 59.6 Å². The van der Waals surface area contributed by atoms with Gasteiger partial charge >= 0.3 is 0 Å². The van der Waals surface area contributed by atoms with Crippen LogP contribution in [0.1, 0.15) is 56.8 Å². The standard InChI is InChI=1S/C37H40Cl2N6O4/c1-36(47)18-37(19-36)20-45(21-37)17-30-35(49-3)44-29(16-41-30)26-11-6-9-24(33(26)39)23-8-5-10-25(32(23)38)28-15-40-27(34(43-28)48-2)12-4-7-22-13-14-31(46)42-22/h5-6,8-11,15-16,22,47H,4,7,12-14,17-21H2,1-3H3,(H,42,46)/t22-/m1/s1. The molecule has 12 heteroatoms. The van der Waals surface area contributed by atoms with Gasteiger partial charge in [-0.3, -0.25) is 19.7 Å². The van der Waals surface area contributed by atoms with Crippen molar-refractivity contribution in [2.75, 3.05) is 27.3 Å². The molecule has 1 atom stereocenters. The van der Waals surface area contributed by atoms with E-state index in [0.717, 1.165) is 67.7 Å². The van der Waals surface area contributed by atoms with Crippen LogP contribution in [0, 0.1) is 5.41 Å². The number of hydrogen-bond donors (Lipinski definition) is 2. The van der Waals surface area contributed by atoms with Crippen molar-refractivity contribution in [3.05, 3.63) is 70.2 Å². The SMILES string of the molecule is COc1nc(-c2cccc(-c3cccc(-c4cnc(CN5CC6(C5)CC(C)(O)C6)c(OC)n4)c3Cl)c2Cl)cnc1CCC[C@@H]1CCC(=O)N1. The van der Waals surface area contributed by atoms with Gasteiger partial charge in [0.05, 0.1) is 53.6 Å². The maximum atomic E-state index is 11.5. The van der Waals surface area contributed by atoms with Crippen molar-refractivity contribution in [3.8, 4) is 45.4 Å². The van der Waals surface area contributed by atoms with Gasteiger partial charge in [-0.15, -0.1) is 0 Å². The number of amides is 1. The van der Waals surface area contributed by atoms with Crippen LogP contribution >= 0.6 is 23.2 Å². The summed E-state index contributed by atoms with van der Waals surface area (Å²) in [6, 6.07) is 11.7. The van der Waals surface area contributed by atoms with Crippen LogP contribution in [0.5, 0.6) is 11.8 Å². The molecule has 2 saturated heterocycles. The molecule has 4 aromatic rings. The Hall–Kier alpha value is -3.83. The average Bonchev–Trinajstić information content (AvgIpc) is 3.48. The molecule has 49 heavy (non-hydrogen) atoms. The van der Waals surface area contributed by atoms with Gasteiger partial charge in [0.2, 0.25) is 17.7 Å². The third kappa shape index (κ3) is 6.84. The Balaban J connectivity index is 1.09. The lowest BCUT2D eigenvalue weighted by Gasteiger charge is -2.61. The van der Waals surface area contributed by atoms with Crippen LogP contribution in [0.4, 0.5) is 0 Å². The molecular weight excluding hydrogens is 663 g/mol. The van der Waals surface area contributed by atoms with Crippen LogP contribution in [0.3, 0.4) is 0 Å². The summed E-state index contributed by atoms with van der Waals surface area (Å²) in [5.41, 5.74) is 5.31. The number of benzene rings is 2. The number of carbonyl (C=O) groups is 1. The van der Waals surface area contributed by atoms with E-state index in [1.807, 2.05) is 43.3 Å². The van der Waals surface area contributed by atoms with Crippen LogP contribution in [0.2, 0.25) is 10.0 Å². The number of carbonyl (C=O) groups excluding carboxylic acids is 1. The number of halogens is 2. The summed E-state index contributed by atoms with van der Waals surface area (Å²) < 4.78 is 11.3. The first-order valence-electron chi connectivity index (χ1n) is 16.7. The maximum Gasteiger partial charge on any atom is 0.237 e. The van der Waals surface area contributed by atoms with E-state index < -0.39 is 5.60 Å². The summed E-state index contributed by atoms with van der Waals surface area (Å²) in [6.07, 6.45) is 9.06. The number of aliphatic hydroxyl groups is 1. The predicted molar refractivity (Wildman–Crippen MR) is 189 cm³/mol. The van der Waals surface area contributed by atoms with E-state index in [0.29, 0.717) is 63.7 Å². The largest absolute Gasteiger partial charge is 0.480 e. The topological polar surface area (TPSA) is 123 Å². The van der Waals surface area contributed by atoms with Gasteiger partial charge in [-0.2, -0.15) is 0 Å². The fraction of sp³-hybridized carbons (Fsp3) is 0.432. The van der Waals surface area contributed by atoms with E-state index in [1.54, 1.807) is 26.6 Å². The molecule has 1 saturated carbocycles. The lowest BCUT2D eigenvalue weighted by molar-refractivity contribution is -0.182. The van der Waals surface area contributed by atoms with Gasteiger partial charge in [0.15, 0.2) is 0 Å². The van der Waals surface area contributed by atoms with Gasteiger partial charge in [0.1, 0.15) is 11.4 Å². The summed E-state index contributed by atoms with van der Waals surface area (Å²) in [7, 11) is 3.19. The van der Waals surface area contributed by atoms with Crippen molar-refractivity contribution < 1.29 is 19.4 Å². The third-order valence-electron chi connectivity index (χ3n) is 9.90. The minimum Gasteiger partial charge on any atom is -0.480 e. The molecule has 1 aliphatic carbocycles. The van der Waals surface area contributed by atoms with Gasteiger partial charge in [0, 0.05) is 59.8 Å². The Morgan fingerprint density at radius 2 is 1.45 bits per heavy atom. The van der Waals surface area contributed by atoms with Gasteiger partial charge in [0.25, 0.3) is 0 Å². The minimum absolute atomic E-state index is 0.124. The van der Waals surface area contributed by atoms with Crippen molar-refractivity contribution in [1.82, 2.24) is 30.2 Å². The zero-order valence-electron chi connectivity index (χ0n) is 27.9. The molecule has 2 aliphatic heterocycles. The molecule has 2 aromatic heterocycles. The van der Waals surface area contributed by atoms with Crippen LogP contribution in [0.25, 0.3) is 33.6 Å². The van der Waals surface area contributed by atoms with Crippen LogP contribution in [0.15, 0.2) is 48.8 Å². The smallest absolute Gasteiger partial charge is 0.237 e. The molecule has 4 heterocycles. The van der Waals surface area contributed by atoms with E-state index >= 15 is 0 Å². The monoisotopic (exact) mass is 702 g/mol. The quantitative estimate of drug-likeness (QED) is 0.179.